The van der Waals surface area contributed by atoms with Crippen molar-refractivity contribution in [3.8, 4) is 11.3 Å². The van der Waals surface area contributed by atoms with Crippen molar-refractivity contribution in [2.45, 2.75) is 13.8 Å². The molecular weight excluding hydrogens is 254 g/mol. The maximum Gasteiger partial charge on any atom is 0.0725 e. The van der Waals surface area contributed by atoms with Crippen LogP contribution in [0, 0.1) is 13.8 Å². The summed E-state index contributed by atoms with van der Waals surface area (Å²) in [6.07, 6.45) is 4.13. The minimum Gasteiger partial charge on any atom is -0.303 e. The molecule has 1 aliphatic rings. The smallest absolute Gasteiger partial charge is 0.0725 e. The van der Waals surface area contributed by atoms with E-state index in [0.717, 1.165) is 18.1 Å². The minimum atomic E-state index is 0.960. The topological polar surface area (TPSA) is 40.7 Å². The number of thioether (sulfide) groups is 1. The number of benzene rings is 1. The summed E-state index contributed by atoms with van der Waals surface area (Å²) in [6.45, 7) is 5.22. The number of aromatic nitrogens is 2. The quantitative estimate of drug-likeness (QED) is 0.880. The number of H-pyrrole nitrogens is 1. The van der Waals surface area contributed by atoms with Gasteiger partial charge in [0.05, 0.1) is 11.9 Å². The van der Waals surface area contributed by atoms with Crippen LogP contribution < -0.4 is 5.32 Å². The van der Waals surface area contributed by atoms with Gasteiger partial charge in [-0.2, -0.15) is 5.10 Å². The summed E-state index contributed by atoms with van der Waals surface area (Å²) in [7, 11) is 0. The second-order valence-corrected chi connectivity index (χ2v) is 5.95. The highest BCUT2D eigenvalue weighted by molar-refractivity contribution is 8.03. The van der Waals surface area contributed by atoms with E-state index in [0.29, 0.717) is 0 Å². The van der Waals surface area contributed by atoms with E-state index in [2.05, 4.69) is 53.6 Å². The highest BCUT2D eigenvalue weighted by atomic mass is 32.2. The number of rotatable bonds is 2. The van der Waals surface area contributed by atoms with Crippen molar-refractivity contribution < 1.29 is 0 Å². The van der Waals surface area contributed by atoms with Gasteiger partial charge < -0.3 is 5.32 Å². The van der Waals surface area contributed by atoms with Gasteiger partial charge in [-0.25, -0.2) is 0 Å². The first-order valence-electron chi connectivity index (χ1n) is 6.39. The maximum absolute atomic E-state index is 4.21. The first kappa shape index (κ1) is 12.5. The molecule has 0 radical (unpaired) electrons. The van der Waals surface area contributed by atoms with Crippen molar-refractivity contribution >= 4 is 17.8 Å². The fourth-order valence-electron chi connectivity index (χ4n) is 2.26. The van der Waals surface area contributed by atoms with Gasteiger partial charge in [-0.3, -0.25) is 5.10 Å². The molecule has 0 spiro atoms. The second kappa shape index (κ2) is 5.23. The van der Waals surface area contributed by atoms with Crippen LogP contribution in [-0.2, 0) is 0 Å². The Bertz CT molecular complexity index is 620. The summed E-state index contributed by atoms with van der Waals surface area (Å²) < 4.78 is 0. The van der Waals surface area contributed by atoms with Crippen LogP contribution in [0.5, 0.6) is 0 Å². The fourth-order valence-corrected chi connectivity index (χ4v) is 3.06. The Kier molecular flexibility index (Phi) is 3.44. The molecular formula is C15H17N3S. The van der Waals surface area contributed by atoms with Crippen LogP contribution in [0.1, 0.15) is 16.7 Å². The van der Waals surface area contributed by atoms with Gasteiger partial charge in [0.25, 0.3) is 0 Å². The van der Waals surface area contributed by atoms with E-state index in [1.165, 1.54) is 27.2 Å². The van der Waals surface area contributed by atoms with E-state index < -0.39 is 0 Å². The van der Waals surface area contributed by atoms with Crippen LogP contribution in [-0.4, -0.2) is 22.6 Å². The third-order valence-electron chi connectivity index (χ3n) is 3.31. The Morgan fingerprint density at radius 3 is 3.00 bits per heavy atom. The lowest BCUT2D eigenvalue weighted by atomic mass is 10.0. The van der Waals surface area contributed by atoms with Gasteiger partial charge in [-0.1, -0.05) is 17.7 Å². The Morgan fingerprint density at radius 1 is 1.32 bits per heavy atom. The van der Waals surface area contributed by atoms with Gasteiger partial charge in [-0.15, -0.1) is 11.8 Å². The monoisotopic (exact) mass is 271 g/mol. The zero-order chi connectivity index (χ0) is 13.2. The molecule has 0 aliphatic carbocycles. The summed E-state index contributed by atoms with van der Waals surface area (Å²) in [5.74, 6) is 1.00. The molecule has 0 saturated carbocycles. The number of nitrogens with one attached hydrogen (secondary N) is 2. The number of aromatic amines is 1. The highest BCUT2D eigenvalue weighted by Crippen LogP contribution is 2.29. The lowest BCUT2D eigenvalue weighted by Crippen LogP contribution is -2.04. The molecule has 0 bridgehead atoms. The van der Waals surface area contributed by atoms with Crippen LogP contribution in [0.2, 0.25) is 0 Å². The fraction of sp³-hybridized carbons (Fsp3) is 0.267. The molecule has 2 heterocycles. The van der Waals surface area contributed by atoms with E-state index in [-0.39, 0.29) is 0 Å². The van der Waals surface area contributed by atoms with Gasteiger partial charge >= 0.3 is 0 Å². The molecule has 3 nitrogen and oxygen atoms in total. The van der Waals surface area contributed by atoms with Crippen LogP contribution in [0.3, 0.4) is 0 Å². The van der Waals surface area contributed by atoms with E-state index in [1.807, 2.05) is 18.0 Å². The Hall–Kier alpha value is -1.52. The number of hydrogen-bond acceptors (Lipinski definition) is 3. The van der Waals surface area contributed by atoms with E-state index >= 15 is 0 Å². The van der Waals surface area contributed by atoms with Crippen molar-refractivity contribution in [3.63, 3.8) is 0 Å². The molecule has 0 amide bonds. The molecule has 1 aromatic carbocycles. The van der Waals surface area contributed by atoms with Crippen LogP contribution in [0.4, 0.5) is 0 Å². The molecule has 1 aromatic heterocycles. The average molecular weight is 271 g/mol. The summed E-state index contributed by atoms with van der Waals surface area (Å²) in [5, 5.41) is 10.7. The zero-order valence-electron chi connectivity index (χ0n) is 11.2. The molecule has 3 rings (SSSR count). The maximum atomic E-state index is 4.21. The van der Waals surface area contributed by atoms with Crippen molar-refractivity contribution in [2.75, 3.05) is 12.4 Å². The van der Waals surface area contributed by atoms with Crippen molar-refractivity contribution in [3.05, 3.63) is 46.0 Å². The van der Waals surface area contributed by atoms with Crippen molar-refractivity contribution in [2.24, 2.45) is 0 Å². The SMILES string of the molecule is Cc1ccc(C)c(-c2[nH]ncc2C=C2CNCS2)c1. The first-order valence-corrected chi connectivity index (χ1v) is 7.37. The van der Waals surface area contributed by atoms with Crippen molar-refractivity contribution in [1.29, 1.82) is 0 Å². The molecule has 19 heavy (non-hydrogen) atoms. The first-order chi connectivity index (χ1) is 9.24. The molecule has 2 aromatic rings. The molecule has 1 aliphatic heterocycles. The summed E-state index contributed by atoms with van der Waals surface area (Å²) in [4.78, 5) is 1.37. The standard InChI is InChI=1S/C15H17N3S/c1-10-3-4-11(2)14(5-10)15-12(7-17-18-15)6-13-8-16-9-19-13/h3-7,16H,8-9H2,1-2H3,(H,17,18). The molecule has 0 unspecified atom stereocenters. The molecule has 2 N–H and O–H groups in total. The van der Waals surface area contributed by atoms with E-state index in [9.17, 15) is 0 Å². The molecule has 4 heteroatoms. The Labute approximate surface area is 117 Å². The Morgan fingerprint density at radius 2 is 2.21 bits per heavy atom. The summed E-state index contributed by atoms with van der Waals surface area (Å²) in [5.41, 5.74) is 6.05. The lowest BCUT2D eigenvalue weighted by Gasteiger charge is -2.06. The number of hydrogen-bond donors (Lipinski definition) is 2. The lowest BCUT2D eigenvalue weighted by molar-refractivity contribution is 0.916. The van der Waals surface area contributed by atoms with Crippen molar-refractivity contribution in [1.82, 2.24) is 15.5 Å². The average Bonchev–Trinajstić information content (AvgIpc) is 3.04. The minimum absolute atomic E-state index is 0.960. The zero-order valence-corrected chi connectivity index (χ0v) is 12.0. The van der Waals surface area contributed by atoms with Crippen LogP contribution >= 0.6 is 11.8 Å². The van der Waals surface area contributed by atoms with Gasteiger partial charge in [0, 0.05) is 28.5 Å². The normalized spacial score (nSPS) is 17.3. The van der Waals surface area contributed by atoms with E-state index in [4.69, 9.17) is 0 Å². The highest BCUT2D eigenvalue weighted by Gasteiger charge is 2.12. The molecule has 1 saturated heterocycles. The van der Waals surface area contributed by atoms with Gasteiger partial charge in [0.2, 0.25) is 0 Å². The molecule has 98 valence electrons. The molecule has 1 fully saturated rings. The number of nitrogens with zero attached hydrogens (tertiary/aromatic N) is 1. The summed E-state index contributed by atoms with van der Waals surface area (Å²) >= 11 is 1.86. The summed E-state index contributed by atoms with van der Waals surface area (Å²) in [6, 6.07) is 6.52. The predicted molar refractivity (Wildman–Crippen MR) is 81.9 cm³/mol. The third kappa shape index (κ3) is 2.60. The Balaban J connectivity index is 2.04. The van der Waals surface area contributed by atoms with E-state index in [1.54, 1.807) is 0 Å². The number of aryl methyl sites for hydroxylation is 2. The van der Waals surface area contributed by atoms with Gasteiger partial charge in [0.15, 0.2) is 0 Å². The second-order valence-electron chi connectivity index (χ2n) is 4.84. The predicted octanol–water partition coefficient (Wildman–Crippen LogP) is 3.33. The van der Waals surface area contributed by atoms with Crippen LogP contribution in [0.25, 0.3) is 17.3 Å². The third-order valence-corrected chi connectivity index (χ3v) is 4.29. The molecule has 0 atom stereocenters. The van der Waals surface area contributed by atoms with Gasteiger partial charge in [0.1, 0.15) is 0 Å². The largest absolute Gasteiger partial charge is 0.303 e. The van der Waals surface area contributed by atoms with Crippen LogP contribution in [0.15, 0.2) is 29.3 Å². The van der Waals surface area contributed by atoms with Gasteiger partial charge in [-0.05, 0) is 31.6 Å².